The third-order valence-corrected chi connectivity index (χ3v) is 10.1. The zero-order valence-electron chi connectivity index (χ0n) is 20.8. The molecule has 1 heterocycles. The van der Waals surface area contributed by atoms with E-state index >= 15 is 0 Å². The summed E-state index contributed by atoms with van der Waals surface area (Å²) in [5.74, 6) is 0. The summed E-state index contributed by atoms with van der Waals surface area (Å²) < 4.78 is 29.0. The van der Waals surface area contributed by atoms with E-state index in [-0.39, 0.29) is 23.7 Å². The lowest BCUT2D eigenvalue weighted by atomic mass is 10.2. The van der Waals surface area contributed by atoms with Gasteiger partial charge in [0, 0.05) is 60.8 Å². The first-order valence-electron chi connectivity index (χ1n) is 11.7. The SMILES string of the molecule is Cc1ccc(C)c(Sc2ccc([N+](=O)[O-])cc2S(=O)(=O)N2CCN(C(=S)N(C)c3ccccc3)CC2)c1. The van der Waals surface area contributed by atoms with Gasteiger partial charge in [0.1, 0.15) is 4.90 Å². The molecule has 194 valence electrons. The zero-order chi connectivity index (χ0) is 26.7. The number of rotatable bonds is 6. The molecule has 0 aromatic heterocycles. The van der Waals surface area contributed by atoms with E-state index in [1.807, 2.05) is 79.2 Å². The van der Waals surface area contributed by atoms with Crippen LogP contribution >= 0.6 is 24.0 Å². The Labute approximate surface area is 227 Å². The molecule has 37 heavy (non-hydrogen) atoms. The molecule has 8 nitrogen and oxygen atoms in total. The van der Waals surface area contributed by atoms with Crippen LogP contribution in [0.25, 0.3) is 0 Å². The van der Waals surface area contributed by atoms with Crippen molar-refractivity contribution < 1.29 is 13.3 Å². The topological polar surface area (TPSA) is 87.0 Å². The van der Waals surface area contributed by atoms with Gasteiger partial charge in [-0.2, -0.15) is 4.31 Å². The highest BCUT2D eigenvalue weighted by Gasteiger charge is 2.33. The maximum Gasteiger partial charge on any atom is 0.270 e. The molecule has 1 aliphatic heterocycles. The average molecular weight is 557 g/mol. The van der Waals surface area contributed by atoms with Crippen molar-refractivity contribution in [2.24, 2.45) is 0 Å². The first-order valence-corrected chi connectivity index (χ1v) is 14.4. The molecular weight excluding hydrogens is 529 g/mol. The Hall–Kier alpha value is -2.99. The fourth-order valence-corrected chi connectivity index (χ4v) is 7.31. The number of para-hydroxylation sites is 1. The monoisotopic (exact) mass is 556 g/mol. The van der Waals surface area contributed by atoms with Crippen LogP contribution in [0.1, 0.15) is 11.1 Å². The third kappa shape index (κ3) is 5.96. The van der Waals surface area contributed by atoms with Gasteiger partial charge in [-0.3, -0.25) is 10.1 Å². The van der Waals surface area contributed by atoms with Gasteiger partial charge >= 0.3 is 0 Å². The summed E-state index contributed by atoms with van der Waals surface area (Å²) in [5, 5.41) is 12.1. The zero-order valence-corrected chi connectivity index (χ0v) is 23.3. The van der Waals surface area contributed by atoms with Crippen LogP contribution in [0, 0.1) is 24.0 Å². The van der Waals surface area contributed by atoms with E-state index in [1.54, 1.807) is 0 Å². The largest absolute Gasteiger partial charge is 0.346 e. The van der Waals surface area contributed by atoms with Crippen molar-refractivity contribution in [3.63, 3.8) is 0 Å². The maximum atomic E-state index is 13.8. The number of aryl methyl sites for hydroxylation is 2. The number of nitro benzene ring substituents is 1. The van der Waals surface area contributed by atoms with Crippen molar-refractivity contribution in [1.82, 2.24) is 9.21 Å². The van der Waals surface area contributed by atoms with Crippen molar-refractivity contribution in [1.29, 1.82) is 0 Å². The van der Waals surface area contributed by atoms with Crippen LogP contribution in [0.5, 0.6) is 0 Å². The minimum atomic E-state index is -3.99. The molecule has 0 bridgehead atoms. The first-order chi connectivity index (χ1) is 17.6. The van der Waals surface area contributed by atoms with Crippen LogP contribution in [-0.4, -0.2) is 60.9 Å². The highest BCUT2D eigenvalue weighted by molar-refractivity contribution is 8.00. The third-order valence-electron chi connectivity index (χ3n) is 6.26. The summed E-state index contributed by atoms with van der Waals surface area (Å²) in [7, 11) is -2.10. The number of anilines is 1. The van der Waals surface area contributed by atoms with Gasteiger partial charge in [-0.05, 0) is 61.5 Å². The fourth-order valence-electron chi connectivity index (χ4n) is 4.06. The number of non-ortho nitro benzene ring substituents is 1. The van der Waals surface area contributed by atoms with E-state index < -0.39 is 14.9 Å². The van der Waals surface area contributed by atoms with Gasteiger partial charge < -0.3 is 9.80 Å². The normalized spacial score (nSPS) is 14.4. The highest BCUT2D eigenvalue weighted by atomic mass is 32.2. The number of hydrogen-bond donors (Lipinski definition) is 0. The van der Waals surface area contributed by atoms with Crippen LogP contribution in [0.4, 0.5) is 11.4 Å². The summed E-state index contributed by atoms with van der Waals surface area (Å²) in [6, 6.07) is 19.7. The van der Waals surface area contributed by atoms with Gasteiger partial charge in [0.2, 0.25) is 10.0 Å². The second-order valence-corrected chi connectivity index (χ2v) is 12.2. The molecule has 0 spiro atoms. The van der Waals surface area contributed by atoms with E-state index in [4.69, 9.17) is 12.2 Å². The van der Waals surface area contributed by atoms with Crippen molar-refractivity contribution in [3.05, 3.63) is 88.0 Å². The number of piperazine rings is 1. The predicted octanol–water partition coefficient (Wildman–Crippen LogP) is 5.09. The van der Waals surface area contributed by atoms with E-state index in [2.05, 4.69) is 0 Å². The molecule has 4 rings (SSSR count). The number of nitro groups is 1. The molecule has 3 aromatic carbocycles. The molecule has 1 saturated heterocycles. The maximum absolute atomic E-state index is 13.8. The molecule has 1 fully saturated rings. The number of nitrogens with zero attached hydrogens (tertiary/aromatic N) is 4. The lowest BCUT2D eigenvalue weighted by molar-refractivity contribution is -0.385. The summed E-state index contributed by atoms with van der Waals surface area (Å²) in [6.07, 6.45) is 0. The Bertz CT molecular complexity index is 1420. The molecular formula is C26H28N4O4S3. The van der Waals surface area contributed by atoms with Crippen molar-refractivity contribution >= 4 is 50.5 Å². The van der Waals surface area contributed by atoms with Gasteiger partial charge in [-0.25, -0.2) is 8.42 Å². The number of sulfonamides is 1. The predicted molar refractivity (Wildman–Crippen MR) is 151 cm³/mol. The molecule has 3 aromatic rings. The molecule has 0 N–H and O–H groups in total. The Morgan fingerprint density at radius 1 is 0.973 bits per heavy atom. The molecule has 0 amide bonds. The number of hydrogen-bond acceptors (Lipinski definition) is 6. The summed E-state index contributed by atoms with van der Waals surface area (Å²) >= 11 is 6.98. The minimum absolute atomic E-state index is 0.0509. The van der Waals surface area contributed by atoms with Crippen LogP contribution in [0.15, 0.2) is 81.4 Å². The van der Waals surface area contributed by atoms with E-state index in [9.17, 15) is 18.5 Å². The quantitative estimate of drug-likeness (QED) is 0.236. The van der Waals surface area contributed by atoms with Gasteiger partial charge in [0.25, 0.3) is 5.69 Å². The van der Waals surface area contributed by atoms with Crippen LogP contribution in [-0.2, 0) is 10.0 Å². The molecule has 0 aliphatic carbocycles. The van der Waals surface area contributed by atoms with Crippen LogP contribution in [0.3, 0.4) is 0 Å². The standard InChI is InChI=1S/C26H28N4O4S3/c1-19-9-10-20(2)24(17-19)36-23-12-11-22(30(31)32)18-25(23)37(33,34)29-15-13-28(14-16-29)26(35)27(3)21-7-5-4-6-8-21/h4-12,17-18H,13-16H2,1-3H3. The van der Waals surface area contributed by atoms with E-state index in [1.165, 1.54) is 34.3 Å². The van der Waals surface area contributed by atoms with Crippen molar-refractivity contribution in [3.8, 4) is 0 Å². The fraction of sp³-hybridized carbons (Fsp3) is 0.269. The van der Waals surface area contributed by atoms with Crippen molar-refractivity contribution in [2.75, 3.05) is 38.1 Å². The summed E-state index contributed by atoms with van der Waals surface area (Å²) in [4.78, 5) is 16.1. The number of thiocarbonyl (C=S) groups is 1. The van der Waals surface area contributed by atoms with Crippen LogP contribution in [0.2, 0.25) is 0 Å². The minimum Gasteiger partial charge on any atom is -0.346 e. The summed E-state index contributed by atoms with van der Waals surface area (Å²) in [5.41, 5.74) is 2.74. The Morgan fingerprint density at radius 3 is 2.30 bits per heavy atom. The summed E-state index contributed by atoms with van der Waals surface area (Å²) in [6.45, 7) is 5.21. The smallest absolute Gasteiger partial charge is 0.270 e. The van der Waals surface area contributed by atoms with Gasteiger partial charge in [0.15, 0.2) is 5.11 Å². The Morgan fingerprint density at radius 2 is 1.65 bits per heavy atom. The van der Waals surface area contributed by atoms with Gasteiger partial charge in [0.05, 0.1) is 4.92 Å². The molecule has 0 radical (unpaired) electrons. The Balaban J connectivity index is 1.57. The highest BCUT2D eigenvalue weighted by Crippen LogP contribution is 2.38. The second kappa shape index (κ2) is 11.2. The molecule has 1 aliphatic rings. The molecule has 11 heteroatoms. The van der Waals surface area contributed by atoms with Crippen LogP contribution < -0.4 is 4.90 Å². The van der Waals surface area contributed by atoms with E-state index in [0.717, 1.165) is 21.7 Å². The number of benzene rings is 3. The second-order valence-electron chi connectivity index (χ2n) is 8.83. The van der Waals surface area contributed by atoms with E-state index in [0.29, 0.717) is 23.1 Å². The lowest BCUT2D eigenvalue weighted by Gasteiger charge is -2.38. The van der Waals surface area contributed by atoms with Gasteiger partial charge in [-0.1, -0.05) is 42.1 Å². The molecule has 0 unspecified atom stereocenters. The lowest BCUT2D eigenvalue weighted by Crippen LogP contribution is -2.53. The first kappa shape index (κ1) is 27.1. The Kier molecular flexibility index (Phi) is 8.17. The van der Waals surface area contributed by atoms with Crippen molar-refractivity contribution in [2.45, 2.75) is 28.5 Å². The average Bonchev–Trinajstić information content (AvgIpc) is 2.90. The molecule has 0 saturated carbocycles. The van der Waals surface area contributed by atoms with Gasteiger partial charge in [-0.15, -0.1) is 0 Å². The molecule has 0 atom stereocenters.